The maximum absolute atomic E-state index is 11.0. The number of aryl methyl sites for hydroxylation is 1. The summed E-state index contributed by atoms with van der Waals surface area (Å²) in [5, 5.41) is 9.02. The van der Waals surface area contributed by atoms with Gasteiger partial charge in [-0.05, 0) is 19.3 Å². The monoisotopic (exact) mass is 235 g/mol. The van der Waals surface area contributed by atoms with Gasteiger partial charge in [0.15, 0.2) is 0 Å². The molecule has 1 aliphatic rings. The fraction of sp³-hybridized carbons (Fsp3) is 0.583. The van der Waals surface area contributed by atoms with Gasteiger partial charge in [-0.25, -0.2) is 9.97 Å². The van der Waals surface area contributed by atoms with Gasteiger partial charge in [-0.2, -0.15) is 0 Å². The first kappa shape index (κ1) is 11.8. The van der Waals surface area contributed by atoms with Gasteiger partial charge in [-0.15, -0.1) is 0 Å². The van der Waals surface area contributed by atoms with Gasteiger partial charge in [0, 0.05) is 17.2 Å². The summed E-state index contributed by atoms with van der Waals surface area (Å²) < 4.78 is 0. The molecule has 2 rings (SSSR count). The molecule has 0 bridgehead atoms. The molecule has 1 aliphatic carbocycles. The molecule has 5 nitrogen and oxygen atoms in total. The van der Waals surface area contributed by atoms with Crippen molar-refractivity contribution in [3.8, 4) is 0 Å². The largest absolute Gasteiger partial charge is 0.481 e. The first-order valence-corrected chi connectivity index (χ1v) is 5.87. The van der Waals surface area contributed by atoms with Crippen LogP contribution in [0.25, 0.3) is 0 Å². The molecule has 0 fully saturated rings. The van der Waals surface area contributed by atoms with Crippen LogP contribution in [0.5, 0.6) is 0 Å². The van der Waals surface area contributed by atoms with Crippen LogP contribution in [0.1, 0.15) is 43.3 Å². The van der Waals surface area contributed by atoms with E-state index in [-0.39, 0.29) is 11.8 Å². The lowest BCUT2D eigenvalue weighted by molar-refractivity contribution is -0.142. The van der Waals surface area contributed by atoms with Gasteiger partial charge < -0.3 is 10.8 Å². The summed E-state index contributed by atoms with van der Waals surface area (Å²) in [6, 6.07) is 0. The zero-order chi connectivity index (χ0) is 12.6. The van der Waals surface area contributed by atoms with E-state index in [4.69, 9.17) is 10.8 Å². The Kier molecular flexibility index (Phi) is 3.00. The minimum atomic E-state index is -0.761. The Labute approximate surface area is 100 Å². The van der Waals surface area contributed by atoms with E-state index >= 15 is 0 Å². The molecule has 0 spiro atoms. The molecule has 0 saturated heterocycles. The van der Waals surface area contributed by atoms with Gasteiger partial charge in [0.2, 0.25) is 0 Å². The average molecular weight is 235 g/mol. The number of aromatic nitrogens is 2. The molecular formula is C12H17N3O2. The Morgan fingerprint density at radius 2 is 2.18 bits per heavy atom. The Morgan fingerprint density at radius 1 is 1.47 bits per heavy atom. The minimum Gasteiger partial charge on any atom is -0.481 e. The Hall–Kier alpha value is -1.65. The number of nitrogens with two attached hydrogens (primary N) is 1. The zero-order valence-corrected chi connectivity index (χ0v) is 10.1. The summed E-state index contributed by atoms with van der Waals surface area (Å²) in [6.45, 7) is 4.04. The lowest BCUT2D eigenvalue weighted by Crippen LogP contribution is -2.25. The van der Waals surface area contributed by atoms with Crippen molar-refractivity contribution in [1.82, 2.24) is 9.97 Å². The molecule has 1 aromatic heterocycles. The molecule has 17 heavy (non-hydrogen) atoms. The van der Waals surface area contributed by atoms with Gasteiger partial charge >= 0.3 is 5.97 Å². The Balaban J connectivity index is 2.37. The van der Waals surface area contributed by atoms with Crippen LogP contribution in [0, 0.1) is 5.92 Å². The normalized spacial score (nSPS) is 19.1. The van der Waals surface area contributed by atoms with Gasteiger partial charge in [0.05, 0.1) is 5.92 Å². The summed E-state index contributed by atoms with van der Waals surface area (Å²) in [7, 11) is 0. The second kappa shape index (κ2) is 4.31. The van der Waals surface area contributed by atoms with Crippen molar-refractivity contribution >= 4 is 11.8 Å². The Morgan fingerprint density at radius 3 is 2.76 bits per heavy atom. The predicted molar refractivity (Wildman–Crippen MR) is 63.7 cm³/mol. The minimum absolute atomic E-state index is 0.236. The summed E-state index contributed by atoms with van der Waals surface area (Å²) in [5.74, 6) is 0.320. The van der Waals surface area contributed by atoms with Crippen molar-refractivity contribution < 1.29 is 9.90 Å². The maximum Gasteiger partial charge on any atom is 0.306 e. The molecule has 5 heteroatoms. The zero-order valence-electron chi connectivity index (χ0n) is 10.1. The molecule has 3 N–H and O–H groups in total. The molecule has 1 unspecified atom stereocenters. The molecule has 1 atom stereocenters. The number of hydrogen-bond acceptors (Lipinski definition) is 4. The number of fused-ring (bicyclic) bond motifs is 1. The van der Waals surface area contributed by atoms with Crippen LogP contribution in [-0.4, -0.2) is 21.0 Å². The molecule has 0 saturated carbocycles. The standard InChI is InChI=1S/C12H17N3O2/c1-6(2)11-14-9-4-3-7(12(16)17)5-8(9)10(13)15-11/h6-7H,3-5H2,1-2H3,(H,16,17)(H2,13,14,15). The maximum atomic E-state index is 11.0. The number of hydrogen-bond donors (Lipinski definition) is 2. The number of carboxylic acids is 1. The third-order valence-corrected chi connectivity index (χ3v) is 3.19. The van der Waals surface area contributed by atoms with Gasteiger partial charge in [0.1, 0.15) is 11.6 Å². The highest BCUT2D eigenvalue weighted by Crippen LogP contribution is 2.28. The van der Waals surface area contributed by atoms with Crippen molar-refractivity contribution in [2.45, 2.75) is 39.0 Å². The average Bonchev–Trinajstić information content (AvgIpc) is 2.28. The van der Waals surface area contributed by atoms with E-state index in [1.807, 2.05) is 13.8 Å². The van der Waals surface area contributed by atoms with Crippen molar-refractivity contribution in [3.05, 3.63) is 17.1 Å². The van der Waals surface area contributed by atoms with Crippen LogP contribution in [0.2, 0.25) is 0 Å². The number of nitrogen functional groups attached to an aromatic ring is 1. The van der Waals surface area contributed by atoms with Crippen LogP contribution in [-0.2, 0) is 17.6 Å². The number of aliphatic carboxylic acids is 1. The van der Waals surface area contributed by atoms with Gasteiger partial charge in [-0.1, -0.05) is 13.8 Å². The van der Waals surface area contributed by atoms with E-state index in [0.717, 1.165) is 17.1 Å². The third-order valence-electron chi connectivity index (χ3n) is 3.19. The fourth-order valence-corrected chi connectivity index (χ4v) is 2.13. The lowest BCUT2D eigenvalue weighted by Gasteiger charge is -2.22. The molecule has 92 valence electrons. The second-order valence-corrected chi connectivity index (χ2v) is 4.82. The molecule has 0 aromatic carbocycles. The third kappa shape index (κ3) is 2.23. The van der Waals surface area contributed by atoms with E-state index in [1.165, 1.54) is 0 Å². The first-order chi connectivity index (χ1) is 7.99. The van der Waals surface area contributed by atoms with E-state index in [0.29, 0.717) is 25.1 Å². The summed E-state index contributed by atoms with van der Waals surface area (Å²) >= 11 is 0. The smallest absolute Gasteiger partial charge is 0.306 e. The van der Waals surface area contributed by atoms with E-state index < -0.39 is 5.97 Å². The van der Waals surface area contributed by atoms with E-state index in [2.05, 4.69) is 9.97 Å². The second-order valence-electron chi connectivity index (χ2n) is 4.82. The topological polar surface area (TPSA) is 89.1 Å². The number of rotatable bonds is 2. The highest BCUT2D eigenvalue weighted by Gasteiger charge is 2.27. The number of carbonyl (C=O) groups is 1. The number of anilines is 1. The lowest BCUT2D eigenvalue weighted by atomic mass is 9.86. The van der Waals surface area contributed by atoms with Crippen LogP contribution < -0.4 is 5.73 Å². The van der Waals surface area contributed by atoms with Crippen LogP contribution in [0.3, 0.4) is 0 Å². The van der Waals surface area contributed by atoms with Crippen molar-refractivity contribution in [2.24, 2.45) is 5.92 Å². The molecule has 0 radical (unpaired) electrons. The quantitative estimate of drug-likeness (QED) is 0.808. The first-order valence-electron chi connectivity index (χ1n) is 5.87. The number of nitrogens with zero attached hydrogens (tertiary/aromatic N) is 2. The summed E-state index contributed by atoms with van der Waals surface area (Å²) in [5.41, 5.74) is 7.65. The van der Waals surface area contributed by atoms with Crippen LogP contribution >= 0.6 is 0 Å². The Bertz CT molecular complexity index is 457. The van der Waals surface area contributed by atoms with Crippen LogP contribution in [0.4, 0.5) is 5.82 Å². The van der Waals surface area contributed by atoms with Crippen molar-refractivity contribution in [3.63, 3.8) is 0 Å². The molecule has 0 aliphatic heterocycles. The highest BCUT2D eigenvalue weighted by molar-refractivity contribution is 5.71. The molecule has 1 heterocycles. The highest BCUT2D eigenvalue weighted by atomic mass is 16.4. The summed E-state index contributed by atoms with van der Waals surface area (Å²) in [6.07, 6.45) is 1.77. The predicted octanol–water partition coefficient (Wildman–Crippen LogP) is 1.37. The van der Waals surface area contributed by atoms with Gasteiger partial charge in [0.25, 0.3) is 0 Å². The molecule has 0 amide bonds. The molecular weight excluding hydrogens is 218 g/mol. The van der Waals surface area contributed by atoms with Crippen molar-refractivity contribution in [2.75, 3.05) is 5.73 Å². The molecule has 1 aromatic rings. The summed E-state index contributed by atoms with van der Waals surface area (Å²) in [4.78, 5) is 19.7. The fourth-order valence-electron chi connectivity index (χ4n) is 2.13. The van der Waals surface area contributed by atoms with E-state index in [1.54, 1.807) is 0 Å². The van der Waals surface area contributed by atoms with Crippen molar-refractivity contribution in [1.29, 1.82) is 0 Å². The van der Waals surface area contributed by atoms with Crippen LogP contribution in [0.15, 0.2) is 0 Å². The van der Waals surface area contributed by atoms with Gasteiger partial charge in [-0.3, -0.25) is 4.79 Å². The van der Waals surface area contributed by atoms with E-state index in [9.17, 15) is 4.79 Å². The number of carboxylic acid groups (broad SMARTS) is 1. The SMILES string of the molecule is CC(C)c1nc(N)c2c(n1)CCC(C(=O)O)C2.